The van der Waals surface area contributed by atoms with Crippen LogP contribution in [0.1, 0.15) is 43.7 Å². The van der Waals surface area contributed by atoms with Gasteiger partial charge >= 0.3 is 0 Å². The minimum absolute atomic E-state index is 0.0754. The first kappa shape index (κ1) is 13.9. The molecule has 0 heterocycles. The second kappa shape index (κ2) is 5.61. The summed E-state index contributed by atoms with van der Waals surface area (Å²) in [4.78, 5) is 12.2. The molecular formula is C15H22N2O2. The molecule has 1 aliphatic carbocycles. The van der Waals surface area contributed by atoms with Gasteiger partial charge in [0.25, 0.3) is 0 Å². The number of nitrogens with two attached hydrogens (primary N) is 1. The standard InChI is InChI=1S/C15H22N2O2/c1-3-19-13-7-6-12(10-11(13)2)15(14(18)17-16)8-4-5-9-15/h6-7,10H,3-5,8-9,16H2,1-2H3,(H,17,18). The Morgan fingerprint density at radius 1 is 1.42 bits per heavy atom. The molecule has 0 spiro atoms. The van der Waals surface area contributed by atoms with Gasteiger partial charge in [-0.3, -0.25) is 10.2 Å². The van der Waals surface area contributed by atoms with Gasteiger partial charge in [-0.1, -0.05) is 25.0 Å². The molecule has 4 heteroatoms. The van der Waals surface area contributed by atoms with Gasteiger partial charge < -0.3 is 4.74 Å². The van der Waals surface area contributed by atoms with Crippen molar-refractivity contribution in [2.24, 2.45) is 5.84 Å². The van der Waals surface area contributed by atoms with E-state index in [4.69, 9.17) is 10.6 Å². The number of hydrogen-bond donors (Lipinski definition) is 2. The molecule has 4 nitrogen and oxygen atoms in total. The highest BCUT2D eigenvalue weighted by Gasteiger charge is 2.42. The van der Waals surface area contributed by atoms with E-state index in [2.05, 4.69) is 11.5 Å². The van der Waals surface area contributed by atoms with Crippen molar-refractivity contribution in [2.45, 2.75) is 44.9 Å². The van der Waals surface area contributed by atoms with E-state index >= 15 is 0 Å². The number of amides is 1. The van der Waals surface area contributed by atoms with E-state index in [-0.39, 0.29) is 5.91 Å². The predicted molar refractivity (Wildman–Crippen MR) is 74.8 cm³/mol. The molecule has 104 valence electrons. The van der Waals surface area contributed by atoms with Crippen molar-refractivity contribution in [1.29, 1.82) is 0 Å². The van der Waals surface area contributed by atoms with Crippen molar-refractivity contribution in [1.82, 2.24) is 5.43 Å². The Labute approximate surface area is 114 Å². The maximum Gasteiger partial charge on any atom is 0.244 e. The smallest absolute Gasteiger partial charge is 0.244 e. The molecule has 1 aromatic carbocycles. The SMILES string of the molecule is CCOc1ccc(C2(C(=O)NN)CCCC2)cc1C. The fourth-order valence-electron chi connectivity index (χ4n) is 3.03. The Balaban J connectivity index is 2.38. The zero-order valence-corrected chi connectivity index (χ0v) is 11.7. The number of aryl methyl sites for hydroxylation is 1. The van der Waals surface area contributed by atoms with Gasteiger partial charge in [-0.15, -0.1) is 0 Å². The summed E-state index contributed by atoms with van der Waals surface area (Å²) < 4.78 is 5.55. The zero-order chi connectivity index (χ0) is 13.9. The molecule has 0 aromatic heterocycles. The molecule has 2 rings (SSSR count). The summed E-state index contributed by atoms with van der Waals surface area (Å²) in [6.45, 7) is 4.62. The molecule has 1 saturated carbocycles. The van der Waals surface area contributed by atoms with Crippen LogP contribution in [-0.4, -0.2) is 12.5 Å². The lowest BCUT2D eigenvalue weighted by Gasteiger charge is -2.28. The van der Waals surface area contributed by atoms with Crippen LogP contribution >= 0.6 is 0 Å². The Bertz CT molecular complexity index is 465. The fourth-order valence-corrected chi connectivity index (χ4v) is 3.03. The maximum atomic E-state index is 12.2. The van der Waals surface area contributed by atoms with Crippen LogP contribution in [0.2, 0.25) is 0 Å². The van der Waals surface area contributed by atoms with Gasteiger partial charge in [0.05, 0.1) is 12.0 Å². The molecule has 19 heavy (non-hydrogen) atoms. The van der Waals surface area contributed by atoms with Crippen LogP contribution in [0.5, 0.6) is 5.75 Å². The van der Waals surface area contributed by atoms with Crippen molar-refractivity contribution in [3.8, 4) is 5.75 Å². The van der Waals surface area contributed by atoms with Crippen molar-refractivity contribution < 1.29 is 9.53 Å². The van der Waals surface area contributed by atoms with Crippen LogP contribution in [0, 0.1) is 6.92 Å². The van der Waals surface area contributed by atoms with Gasteiger partial charge in [-0.2, -0.15) is 0 Å². The molecule has 1 amide bonds. The Morgan fingerprint density at radius 2 is 2.11 bits per heavy atom. The minimum Gasteiger partial charge on any atom is -0.494 e. The van der Waals surface area contributed by atoms with Crippen molar-refractivity contribution >= 4 is 5.91 Å². The van der Waals surface area contributed by atoms with E-state index in [9.17, 15) is 4.79 Å². The largest absolute Gasteiger partial charge is 0.494 e. The summed E-state index contributed by atoms with van der Waals surface area (Å²) in [5, 5.41) is 0. The third-order valence-electron chi connectivity index (χ3n) is 4.05. The lowest BCUT2D eigenvalue weighted by Crippen LogP contribution is -2.45. The Kier molecular flexibility index (Phi) is 4.10. The highest BCUT2D eigenvalue weighted by Crippen LogP contribution is 2.42. The first-order chi connectivity index (χ1) is 9.14. The number of ether oxygens (including phenoxy) is 1. The lowest BCUT2D eigenvalue weighted by atomic mass is 9.77. The number of benzene rings is 1. The van der Waals surface area contributed by atoms with Crippen LogP contribution in [0.4, 0.5) is 0 Å². The highest BCUT2D eigenvalue weighted by molar-refractivity contribution is 5.88. The third-order valence-corrected chi connectivity index (χ3v) is 4.05. The first-order valence-corrected chi connectivity index (χ1v) is 6.89. The van der Waals surface area contributed by atoms with E-state index in [1.807, 2.05) is 26.0 Å². The number of hydrogen-bond acceptors (Lipinski definition) is 3. The number of carbonyl (C=O) groups is 1. The first-order valence-electron chi connectivity index (χ1n) is 6.89. The molecule has 1 aromatic rings. The molecule has 3 N–H and O–H groups in total. The average molecular weight is 262 g/mol. The monoisotopic (exact) mass is 262 g/mol. The van der Waals surface area contributed by atoms with Crippen molar-refractivity contribution in [3.05, 3.63) is 29.3 Å². The summed E-state index contributed by atoms with van der Waals surface area (Å²) in [6.07, 6.45) is 3.87. The normalized spacial score (nSPS) is 17.2. The van der Waals surface area contributed by atoms with E-state index in [0.717, 1.165) is 42.6 Å². The van der Waals surface area contributed by atoms with E-state index in [1.54, 1.807) is 0 Å². The van der Waals surface area contributed by atoms with Crippen LogP contribution in [0.25, 0.3) is 0 Å². The number of rotatable bonds is 4. The average Bonchev–Trinajstić information content (AvgIpc) is 2.91. The molecule has 0 atom stereocenters. The van der Waals surface area contributed by atoms with Crippen LogP contribution < -0.4 is 16.0 Å². The third kappa shape index (κ3) is 2.45. The number of nitrogens with one attached hydrogen (secondary N) is 1. The fraction of sp³-hybridized carbons (Fsp3) is 0.533. The highest BCUT2D eigenvalue weighted by atomic mass is 16.5. The summed E-state index contributed by atoms with van der Waals surface area (Å²) >= 11 is 0. The molecule has 0 aliphatic heterocycles. The zero-order valence-electron chi connectivity index (χ0n) is 11.7. The molecule has 0 bridgehead atoms. The molecule has 1 aliphatic rings. The quantitative estimate of drug-likeness (QED) is 0.496. The van der Waals surface area contributed by atoms with Gasteiger partial charge in [0.2, 0.25) is 5.91 Å². The molecule has 0 saturated heterocycles. The van der Waals surface area contributed by atoms with Crippen LogP contribution in [0.3, 0.4) is 0 Å². The summed E-state index contributed by atoms with van der Waals surface area (Å²) in [7, 11) is 0. The van der Waals surface area contributed by atoms with Gasteiger partial charge in [0, 0.05) is 0 Å². The molecule has 0 radical (unpaired) electrons. The summed E-state index contributed by atoms with van der Waals surface area (Å²) in [5.41, 5.74) is 4.00. The molecule has 1 fully saturated rings. The number of hydrazine groups is 1. The maximum absolute atomic E-state index is 12.2. The van der Waals surface area contributed by atoms with E-state index in [1.165, 1.54) is 0 Å². The van der Waals surface area contributed by atoms with Crippen molar-refractivity contribution in [2.75, 3.05) is 6.61 Å². The van der Waals surface area contributed by atoms with Gasteiger partial charge in [0.1, 0.15) is 5.75 Å². The van der Waals surface area contributed by atoms with Gasteiger partial charge in [-0.25, -0.2) is 5.84 Å². The van der Waals surface area contributed by atoms with E-state index in [0.29, 0.717) is 6.61 Å². The second-order valence-electron chi connectivity index (χ2n) is 5.18. The van der Waals surface area contributed by atoms with E-state index < -0.39 is 5.41 Å². The topological polar surface area (TPSA) is 64.3 Å². The number of carbonyl (C=O) groups excluding carboxylic acids is 1. The second-order valence-corrected chi connectivity index (χ2v) is 5.18. The molecular weight excluding hydrogens is 240 g/mol. The van der Waals surface area contributed by atoms with Gasteiger partial charge in [-0.05, 0) is 43.9 Å². The van der Waals surface area contributed by atoms with Gasteiger partial charge in [0.15, 0.2) is 0 Å². The van der Waals surface area contributed by atoms with Crippen LogP contribution in [0.15, 0.2) is 18.2 Å². The van der Waals surface area contributed by atoms with Crippen LogP contribution in [-0.2, 0) is 10.2 Å². The Hall–Kier alpha value is -1.55. The summed E-state index contributed by atoms with van der Waals surface area (Å²) in [5.74, 6) is 6.17. The lowest BCUT2D eigenvalue weighted by molar-refractivity contribution is -0.126. The minimum atomic E-state index is -0.454. The molecule has 0 unspecified atom stereocenters. The van der Waals surface area contributed by atoms with Crippen molar-refractivity contribution in [3.63, 3.8) is 0 Å². The Morgan fingerprint density at radius 3 is 2.63 bits per heavy atom. The summed E-state index contributed by atoms with van der Waals surface area (Å²) in [6, 6.07) is 6.02. The predicted octanol–water partition coefficient (Wildman–Crippen LogP) is 2.20.